The molecule has 3 saturated carbocycles. The molecule has 2 atom stereocenters. The van der Waals surface area contributed by atoms with Crippen LogP contribution < -0.4 is 0 Å². The summed E-state index contributed by atoms with van der Waals surface area (Å²) in [6.07, 6.45) is 7.06. The fraction of sp³-hybridized carbons (Fsp3) is 1.00. The van der Waals surface area contributed by atoms with Gasteiger partial charge in [-0.15, -0.1) is 0 Å². The van der Waals surface area contributed by atoms with E-state index in [0.717, 1.165) is 30.6 Å². The number of hydrogen-bond acceptors (Lipinski definition) is 0. The molecule has 3 aliphatic rings. The molecule has 146 valence electrons. The van der Waals surface area contributed by atoms with E-state index in [0.29, 0.717) is 5.92 Å². The molecule has 0 spiro atoms. The molecular weight excluding hydrogens is 313 g/mol. The summed E-state index contributed by atoms with van der Waals surface area (Å²) in [4.78, 5) is 0. The van der Waals surface area contributed by atoms with E-state index in [2.05, 4.69) is 6.92 Å². The maximum atomic E-state index is 13.6. The van der Waals surface area contributed by atoms with E-state index in [-0.39, 0.29) is 27.1 Å². The Labute approximate surface area is 148 Å². The Morgan fingerprint density at radius 2 is 1.17 bits per heavy atom. The van der Waals surface area contributed by atoms with Gasteiger partial charge in [0.05, 0.1) is 0 Å². The van der Waals surface area contributed by atoms with Crippen molar-refractivity contribution in [2.24, 2.45) is 29.6 Å². The van der Waals surface area contributed by atoms with Crippen LogP contribution in [0.4, 0.5) is 13.2 Å². The molecule has 0 heterocycles. The fourth-order valence-corrected chi connectivity index (χ4v) is 5.48. The summed E-state index contributed by atoms with van der Waals surface area (Å²) in [6, 6.07) is 0. The summed E-state index contributed by atoms with van der Waals surface area (Å²) < 4.78 is 40.6. The van der Waals surface area contributed by atoms with Gasteiger partial charge in [0.1, 0.15) is 12.3 Å². The topological polar surface area (TPSA) is 31.5 Å². The maximum Gasteiger partial charge on any atom is 0.162 e. The van der Waals surface area contributed by atoms with Crippen molar-refractivity contribution >= 4 is 0 Å². The molecule has 3 fully saturated rings. The lowest BCUT2D eigenvalue weighted by atomic mass is 9.68. The van der Waals surface area contributed by atoms with Crippen LogP contribution in [0.5, 0.6) is 0 Å². The average molecular weight is 353 g/mol. The molecule has 4 heteroatoms. The van der Waals surface area contributed by atoms with Gasteiger partial charge in [0.2, 0.25) is 0 Å². The summed E-state index contributed by atoms with van der Waals surface area (Å²) >= 11 is 0. The minimum absolute atomic E-state index is 0. The lowest BCUT2D eigenvalue weighted by Crippen LogP contribution is -2.40. The smallest absolute Gasteiger partial charge is 0.162 e. The molecule has 0 aliphatic heterocycles. The zero-order valence-corrected chi connectivity index (χ0v) is 15.0. The highest BCUT2D eigenvalue weighted by molar-refractivity contribution is 4.91. The highest BCUT2D eigenvalue weighted by Crippen LogP contribution is 2.44. The molecule has 3 rings (SSSR count). The summed E-state index contributed by atoms with van der Waals surface area (Å²) in [7, 11) is 0. The normalized spacial score (nSPS) is 47.0. The van der Waals surface area contributed by atoms with Crippen molar-refractivity contribution in [1.29, 1.82) is 0 Å². The Kier molecular flexibility index (Phi) is 7.45. The predicted octanol–water partition coefficient (Wildman–Crippen LogP) is 6.10. The Morgan fingerprint density at radius 3 is 1.67 bits per heavy atom. The van der Waals surface area contributed by atoms with E-state index >= 15 is 0 Å². The molecule has 0 bridgehead atoms. The number of halogens is 3. The van der Waals surface area contributed by atoms with Crippen molar-refractivity contribution in [3.05, 3.63) is 0 Å². The second kappa shape index (κ2) is 8.91. The van der Waals surface area contributed by atoms with Gasteiger partial charge < -0.3 is 5.48 Å². The van der Waals surface area contributed by atoms with Crippen molar-refractivity contribution in [1.82, 2.24) is 0 Å². The number of hydrogen-bond donors (Lipinski definition) is 0. The van der Waals surface area contributed by atoms with Crippen LogP contribution in [0.25, 0.3) is 0 Å². The summed E-state index contributed by atoms with van der Waals surface area (Å²) in [5.41, 5.74) is 0. The number of rotatable bonds is 3. The molecule has 1 nitrogen and oxygen atoms in total. The Balaban J connectivity index is 0.00000208. The van der Waals surface area contributed by atoms with Gasteiger partial charge in [-0.3, -0.25) is 0 Å². The molecule has 0 aromatic rings. The van der Waals surface area contributed by atoms with Gasteiger partial charge in [-0.1, -0.05) is 45.4 Å². The van der Waals surface area contributed by atoms with E-state index in [1.165, 1.54) is 44.9 Å². The van der Waals surface area contributed by atoms with Crippen LogP contribution in [0.2, 0.25) is 0 Å². The third-order valence-electron chi connectivity index (χ3n) is 7.11. The van der Waals surface area contributed by atoms with Crippen LogP contribution in [0.15, 0.2) is 0 Å². The Bertz CT molecular complexity index is 360. The van der Waals surface area contributed by atoms with Crippen molar-refractivity contribution in [2.45, 2.75) is 96.1 Å². The van der Waals surface area contributed by atoms with Gasteiger partial charge >= 0.3 is 0 Å². The zero-order valence-electron chi connectivity index (χ0n) is 15.0. The second-order valence-corrected chi connectivity index (χ2v) is 8.85. The minimum atomic E-state index is -1.88. The van der Waals surface area contributed by atoms with Crippen molar-refractivity contribution in [2.75, 3.05) is 0 Å². The molecule has 0 aromatic carbocycles. The molecule has 0 saturated heterocycles. The van der Waals surface area contributed by atoms with Crippen LogP contribution in [0, 0.1) is 29.6 Å². The molecular formula is C20H39F3O. The molecule has 2 N–H and O–H groups in total. The van der Waals surface area contributed by atoms with Crippen LogP contribution >= 0.6 is 0 Å². The van der Waals surface area contributed by atoms with Crippen molar-refractivity contribution in [3.63, 3.8) is 0 Å². The monoisotopic (exact) mass is 352 g/mol. The SMILES string of the molecule is CC1CCC(CC2CCC(C3CC(F)C(F)C(F)C3)CC2)CC1.O.[HH].[HH]. The summed E-state index contributed by atoms with van der Waals surface area (Å²) in [5, 5.41) is 0. The first-order chi connectivity index (χ1) is 11.0. The van der Waals surface area contributed by atoms with E-state index in [1.807, 2.05) is 0 Å². The van der Waals surface area contributed by atoms with Gasteiger partial charge in [0.25, 0.3) is 0 Å². The molecule has 24 heavy (non-hydrogen) atoms. The van der Waals surface area contributed by atoms with E-state index in [1.54, 1.807) is 0 Å². The highest BCUT2D eigenvalue weighted by Gasteiger charge is 2.42. The van der Waals surface area contributed by atoms with Crippen molar-refractivity contribution in [3.8, 4) is 0 Å². The third-order valence-corrected chi connectivity index (χ3v) is 7.11. The summed E-state index contributed by atoms with van der Waals surface area (Å²) in [6.45, 7) is 2.36. The first kappa shape index (κ1) is 20.1. The minimum Gasteiger partial charge on any atom is -0.412 e. The first-order valence-electron chi connectivity index (χ1n) is 9.95. The Morgan fingerprint density at radius 1 is 0.708 bits per heavy atom. The van der Waals surface area contributed by atoms with Crippen LogP contribution in [0.1, 0.15) is 80.4 Å². The average Bonchev–Trinajstić information content (AvgIpc) is 2.55. The third kappa shape index (κ3) is 4.89. The zero-order chi connectivity index (χ0) is 16.4. The van der Waals surface area contributed by atoms with Crippen molar-refractivity contribution < 1.29 is 21.5 Å². The van der Waals surface area contributed by atoms with Gasteiger partial charge in [0, 0.05) is 2.85 Å². The Hall–Kier alpha value is -0.250. The second-order valence-electron chi connectivity index (χ2n) is 8.85. The van der Waals surface area contributed by atoms with E-state index in [9.17, 15) is 13.2 Å². The number of alkyl halides is 3. The van der Waals surface area contributed by atoms with Gasteiger partial charge in [-0.25, -0.2) is 13.2 Å². The summed E-state index contributed by atoms with van der Waals surface area (Å²) in [5.74, 6) is 3.16. The molecule has 2 unspecified atom stereocenters. The van der Waals surface area contributed by atoms with E-state index in [4.69, 9.17) is 0 Å². The predicted molar refractivity (Wildman–Crippen MR) is 96.4 cm³/mol. The standard InChI is InChI=1S/C20H33F3.H2O.2H2/c1-13-2-4-14(5-3-13)10-15-6-8-16(9-7-15)17-11-18(21)20(23)19(22)12-17;;;/h13-20H,2-12H2,1H3;1H2;2*1H. The van der Waals surface area contributed by atoms with Gasteiger partial charge in [-0.2, -0.15) is 0 Å². The largest absolute Gasteiger partial charge is 0.412 e. The maximum absolute atomic E-state index is 13.6. The molecule has 0 amide bonds. The highest BCUT2D eigenvalue weighted by atomic mass is 19.2. The fourth-order valence-electron chi connectivity index (χ4n) is 5.48. The molecule has 0 aromatic heterocycles. The lowest BCUT2D eigenvalue weighted by Gasteiger charge is -2.39. The van der Waals surface area contributed by atoms with Gasteiger partial charge in [0.15, 0.2) is 6.17 Å². The van der Waals surface area contributed by atoms with Crippen LogP contribution in [0.3, 0.4) is 0 Å². The quantitative estimate of drug-likeness (QED) is 0.588. The van der Waals surface area contributed by atoms with Crippen LogP contribution in [-0.4, -0.2) is 24.0 Å². The van der Waals surface area contributed by atoms with Crippen LogP contribution in [-0.2, 0) is 0 Å². The van der Waals surface area contributed by atoms with E-state index < -0.39 is 18.5 Å². The molecule has 0 radical (unpaired) electrons. The molecule has 3 aliphatic carbocycles. The van der Waals surface area contributed by atoms with Gasteiger partial charge in [-0.05, 0) is 61.7 Å². The first-order valence-corrected chi connectivity index (χ1v) is 9.95. The lowest BCUT2D eigenvalue weighted by molar-refractivity contribution is -0.00519.